The zero-order valence-electron chi connectivity index (χ0n) is 12.7. The van der Waals surface area contributed by atoms with Crippen LogP contribution in [0.5, 0.6) is 0 Å². The summed E-state index contributed by atoms with van der Waals surface area (Å²) in [5.74, 6) is 0.155. The van der Waals surface area contributed by atoms with Gasteiger partial charge in [0.1, 0.15) is 0 Å². The van der Waals surface area contributed by atoms with E-state index in [1.165, 1.54) is 16.8 Å². The van der Waals surface area contributed by atoms with Crippen molar-refractivity contribution in [2.75, 3.05) is 24.5 Å². The molecule has 0 atom stereocenters. The topological polar surface area (TPSA) is 44.4 Å². The lowest BCUT2D eigenvalue weighted by molar-refractivity contribution is -0.120. The molecule has 2 rings (SSSR count). The Labute approximate surface area is 121 Å². The second kappa shape index (κ2) is 6.75. The molecule has 1 aliphatic heterocycles. The third kappa shape index (κ3) is 3.97. The molecule has 20 heavy (non-hydrogen) atoms. The quantitative estimate of drug-likeness (QED) is 0.881. The zero-order chi connectivity index (χ0) is 14.5. The van der Waals surface area contributed by atoms with Gasteiger partial charge in [0, 0.05) is 44.3 Å². The van der Waals surface area contributed by atoms with Crippen molar-refractivity contribution in [3.05, 3.63) is 29.3 Å². The minimum atomic E-state index is 0.155. The van der Waals surface area contributed by atoms with Gasteiger partial charge in [-0.3, -0.25) is 4.79 Å². The molecule has 0 radical (unpaired) electrons. The van der Waals surface area contributed by atoms with Crippen LogP contribution in [-0.2, 0) is 11.3 Å². The van der Waals surface area contributed by atoms with Gasteiger partial charge in [-0.15, -0.1) is 0 Å². The van der Waals surface area contributed by atoms with Gasteiger partial charge in [0.2, 0.25) is 5.91 Å². The molecule has 4 heteroatoms. The van der Waals surface area contributed by atoms with E-state index in [2.05, 4.69) is 54.5 Å². The molecule has 1 aromatic rings. The molecule has 1 saturated heterocycles. The van der Waals surface area contributed by atoms with E-state index in [0.717, 1.165) is 26.2 Å². The summed E-state index contributed by atoms with van der Waals surface area (Å²) in [7, 11) is 0. The molecule has 1 heterocycles. The van der Waals surface area contributed by atoms with Crippen molar-refractivity contribution < 1.29 is 4.79 Å². The van der Waals surface area contributed by atoms with Gasteiger partial charge in [-0.05, 0) is 24.1 Å². The normalized spacial score (nSPS) is 16.2. The van der Waals surface area contributed by atoms with Gasteiger partial charge in [0.05, 0.1) is 0 Å². The van der Waals surface area contributed by atoms with Crippen LogP contribution in [0.15, 0.2) is 18.2 Å². The molecule has 0 spiro atoms. The van der Waals surface area contributed by atoms with E-state index in [0.29, 0.717) is 12.5 Å². The summed E-state index contributed by atoms with van der Waals surface area (Å²) >= 11 is 0. The summed E-state index contributed by atoms with van der Waals surface area (Å²) in [5.41, 5.74) is 3.83. The van der Waals surface area contributed by atoms with Crippen molar-refractivity contribution in [1.29, 1.82) is 0 Å². The number of benzene rings is 1. The molecule has 4 nitrogen and oxygen atoms in total. The van der Waals surface area contributed by atoms with Crippen LogP contribution in [0.2, 0.25) is 0 Å². The Balaban J connectivity index is 2.06. The van der Waals surface area contributed by atoms with Gasteiger partial charge in [0.25, 0.3) is 0 Å². The van der Waals surface area contributed by atoms with Gasteiger partial charge in [-0.1, -0.05) is 26.0 Å². The summed E-state index contributed by atoms with van der Waals surface area (Å²) in [5, 5.41) is 6.35. The van der Waals surface area contributed by atoms with Crippen molar-refractivity contribution in [2.24, 2.45) is 0 Å². The SMILES string of the molecule is Cc1cc(CNC(C)C)ccc1N1CCNC(=O)CC1. The van der Waals surface area contributed by atoms with Crippen molar-refractivity contribution in [3.8, 4) is 0 Å². The van der Waals surface area contributed by atoms with Crippen LogP contribution in [0, 0.1) is 6.92 Å². The highest BCUT2D eigenvalue weighted by Gasteiger charge is 2.15. The van der Waals surface area contributed by atoms with E-state index < -0.39 is 0 Å². The third-order valence-electron chi connectivity index (χ3n) is 3.63. The molecule has 110 valence electrons. The zero-order valence-corrected chi connectivity index (χ0v) is 12.7. The Bertz CT molecular complexity index is 471. The Morgan fingerprint density at radius 3 is 2.85 bits per heavy atom. The molecule has 0 bridgehead atoms. The fourth-order valence-electron chi connectivity index (χ4n) is 2.51. The first-order valence-corrected chi connectivity index (χ1v) is 7.41. The lowest BCUT2D eigenvalue weighted by Gasteiger charge is -2.24. The van der Waals surface area contributed by atoms with Gasteiger partial charge >= 0.3 is 0 Å². The predicted octanol–water partition coefficient (Wildman–Crippen LogP) is 1.82. The maximum atomic E-state index is 11.4. The summed E-state index contributed by atoms with van der Waals surface area (Å²) in [6, 6.07) is 7.10. The second-order valence-electron chi connectivity index (χ2n) is 5.74. The molecule has 1 amide bonds. The molecular weight excluding hydrogens is 250 g/mol. The van der Waals surface area contributed by atoms with Crippen molar-refractivity contribution in [2.45, 2.75) is 39.8 Å². The van der Waals surface area contributed by atoms with E-state index >= 15 is 0 Å². The number of hydrogen-bond donors (Lipinski definition) is 2. The summed E-state index contributed by atoms with van der Waals surface area (Å²) < 4.78 is 0. The lowest BCUT2D eigenvalue weighted by atomic mass is 10.1. The van der Waals surface area contributed by atoms with E-state index in [-0.39, 0.29) is 5.91 Å². The fraction of sp³-hybridized carbons (Fsp3) is 0.562. The molecule has 1 aromatic carbocycles. The first-order valence-electron chi connectivity index (χ1n) is 7.41. The monoisotopic (exact) mass is 275 g/mol. The third-order valence-corrected chi connectivity index (χ3v) is 3.63. The number of aryl methyl sites for hydroxylation is 1. The smallest absolute Gasteiger partial charge is 0.221 e. The number of rotatable bonds is 4. The van der Waals surface area contributed by atoms with E-state index in [1.807, 2.05) is 0 Å². The average Bonchev–Trinajstić information content (AvgIpc) is 2.61. The largest absolute Gasteiger partial charge is 0.369 e. The number of amides is 1. The second-order valence-corrected chi connectivity index (χ2v) is 5.74. The minimum Gasteiger partial charge on any atom is -0.369 e. The fourth-order valence-corrected chi connectivity index (χ4v) is 2.51. The van der Waals surface area contributed by atoms with E-state index in [9.17, 15) is 4.79 Å². The lowest BCUT2D eigenvalue weighted by Crippen LogP contribution is -2.29. The van der Waals surface area contributed by atoms with Crippen molar-refractivity contribution in [1.82, 2.24) is 10.6 Å². The highest BCUT2D eigenvalue weighted by molar-refractivity contribution is 5.77. The van der Waals surface area contributed by atoms with E-state index in [1.54, 1.807) is 0 Å². The molecule has 0 aromatic heterocycles. The maximum Gasteiger partial charge on any atom is 0.221 e. The standard InChI is InChI=1S/C16H25N3O/c1-12(2)18-11-14-4-5-15(13(3)10-14)19-8-6-16(20)17-7-9-19/h4-5,10,12,18H,6-9,11H2,1-3H3,(H,17,20). The van der Waals surface area contributed by atoms with Crippen molar-refractivity contribution >= 4 is 11.6 Å². The van der Waals surface area contributed by atoms with Crippen molar-refractivity contribution in [3.63, 3.8) is 0 Å². The molecule has 2 N–H and O–H groups in total. The van der Waals surface area contributed by atoms with Crippen LogP contribution in [0.1, 0.15) is 31.4 Å². The van der Waals surface area contributed by atoms with Gasteiger partial charge in [-0.2, -0.15) is 0 Å². The Morgan fingerprint density at radius 1 is 1.35 bits per heavy atom. The van der Waals surface area contributed by atoms with Crippen LogP contribution < -0.4 is 15.5 Å². The number of carbonyl (C=O) groups is 1. The molecule has 0 aliphatic carbocycles. The number of hydrogen-bond acceptors (Lipinski definition) is 3. The number of nitrogens with one attached hydrogen (secondary N) is 2. The number of anilines is 1. The molecule has 1 aliphatic rings. The summed E-state index contributed by atoms with van der Waals surface area (Å²) in [6.45, 7) is 9.78. The average molecular weight is 275 g/mol. The first kappa shape index (κ1) is 14.9. The Morgan fingerprint density at radius 2 is 2.15 bits per heavy atom. The summed E-state index contributed by atoms with van der Waals surface area (Å²) in [4.78, 5) is 13.7. The van der Waals surface area contributed by atoms with Crippen LogP contribution in [0.4, 0.5) is 5.69 Å². The van der Waals surface area contributed by atoms with Crippen LogP contribution >= 0.6 is 0 Å². The van der Waals surface area contributed by atoms with Crippen LogP contribution in [0.25, 0.3) is 0 Å². The molecule has 0 saturated carbocycles. The predicted molar refractivity (Wildman–Crippen MR) is 83.0 cm³/mol. The Hall–Kier alpha value is -1.55. The van der Waals surface area contributed by atoms with Crippen LogP contribution in [0.3, 0.4) is 0 Å². The van der Waals surface area contributed by atoms with Crippen LogP contribution in [-0.4, -0.2) is 31.6 Å². The molecular formula is C16H25N3O. The highest BCUT2D eigenvalue weighted by Crippen LogP contribution is 2.22. The minimum absolute atomic E-state index is 0.155. The molecule has 1 fully saturated rings. The molecule has 0 unspecified atom stereocenters. The highest BCUT2D eigenvalue weighted by atomic mass is 16.1. The first-order chi connectivity index (χ1) is 9.56. The van der Waals surface area contributed by atoms with Gasteiger partial charge in [-0.25, -0.2) is 0 Å². The Kier molecular flexibility index (Phi) is 5.01. The van der Waals surface area contributed by atoms with E-state index in [4.69, 9.17) is 0 Å². The summed E-state index contributed by atoms with van der Waals surface area (Å²) in [6.07, 6.45) is 0.579. The number of carbonyl (C=O) groups excluding carboxylic acids is 1. The maximum absolute atomic E-state index is 11.4. The van der Waals surface area contributed by atoms with Gasteiger partial charge < -0.3 is 15.5 Å². The van der Waals surface area contributed by atoms with Gasteiger partial charge in [0.15, 0.2) is 0 Å². The number of nitrogens with zero attached hydrogens (tertiary/aromatic N) is 1.